The molecule has 1 aromatic carbocycles. The second-order valence-corrected chi connectivity index (χ2v) is 8.76. The Bertz CT molecular complexity index is 964. The summed E-state index contributed by atoms with van der Waals surface area (Å²) in [6.07, 6.45) is 2.15. The molecule has 33 heavy (non-hydrogen) atoms. The molecule has 178 valence electrons. The molecule has 4 N–H and O–H groups in total. The van der Waals surface area contributed by atoms with Crippen LogP contribution in [0.2, 0.25) is 5.02 Å². The average Bonchev–Trinajstić information content (AvgIpc) is 3.06. The average molecular weight is 479 g/mol. The lowest BCUT2D eigenvalue weighted by Crippen LogP contribution is -2.48. The van der Waals surface area contributed by atoms with Gasteiger partial charge in [0.25, 0.3) is 11.8 Å². The third-order valence-electron chi connectivity index (χ3n) is 5.78. The lowest BCUT2D eigenvalue weighted by Gasteiger charge is -2.25. The number of carbonyl (C=O) groups excluding carboxylic acids is 5. The largest absolute Gasteiger partial charge is 0.446 e. The van der Waals surface area contributed by atoms with Crippen LogP contribution in [0, 0.1) is 5.92 Å². The molecule has 11 heteroatoms. The molecule has 1 heterocycles. The zero-order valence-corrected chi connectivity index (χ0v) is 19.2. The van der Waals surface area contributed by atoms with E-state index in [2.05, 4.69) is 21.3 Å². The number of ether oxygens (including phenoxy) is 1. The highest BCUT2D eigenvalue weighted by molar-refractivity contribution is 6.38. The number of ketones is 1. The monoisotopic (exact) mass is 478 g/mol. The van der Waals surface area contributed by atoms with E-state index >= 15 is 0 Å². The summed E-state index contributed by atoms with van der Waals surface area (Å²) in [7, 11) is 1.30. The van der Waals surface area contributed by atoms with E-state index in [4.69, 9.17) is 16.3 Å². The topological polar surface area (TPSA) is 143 Å². The number of amides is 4. The van der Waals surface area contributed by atoms with Crippen molar-refractivity contribution in [2.75, 3.05) is 12.4 Å². The van der Waals surface area contributed by atoms with Crippen molar-refractivity contribution in [2.45, 2.75) is 57.2 Å². The quantitative estimate of drug-likeness (QED) is 0.419. The second kappa shape index (κ2) is 10.7. The molecule has 1 saturated carbocycles. The van der Waals surface area contributed by atoms with Gasteiger partial charge in [0.2, 0.25) is 11.7 Å². The number of halogens is 1. The van der Waals surface area contributed by atoms with Crippen molar-refractivity contribution in [3.8, 4) is 0 Å². The van der Waals surface area contributed by atoms with Crippen molar-refractivity contribution in [3.63, 3.8) is 0 Å². The highest BCUT2D eigenvalue weighted by atomic mass is 35.5. The Labute approximate surface area is 196 Å². The number of likely N-dealkylation sites (N-methyl/N-ethyl adjacent to an activating group) is 1. The van der Waals surface area contributed by atoms with Gasteiger partial charge >= 0.3 is 6.09 Å². The minimum atomic E-state index is -1.24. The molecule has 1 aromatic rings. The summed E-state index contributed by atoms with van der Waals surface area (Å²) in [6.45, 7) is 1.83. The van der Waals surface area contributed by atoms with E-state index in [1.165, 1.54) is 25.2 Å². The number of Topliss-reactive ketones (excluding diaryl/α,β-unsaturated/α-hetero) is 1. The van der Waals surface area contributed by atoms with Crippen molar-refractivity contribution in [1.82, 2.24) is 16.0 Å². The Balaban J connectivity index is 1.78. The van der Waals surface area contributed by atoms with Crippen LogP contribution >= 0.6 is 11.6 Å². The SMILES string of the molecule is CNC(=O)C(=O)C(C[C@@H]1C[C@@H](C)NC1=O)NC(=O)c1cc(Cl)ccc1NC(=O)OC1CCC1. The molecule has 10 nitrogen and oxygen atoms in total. The van der Waals surface area contributed by atoms with Crippen molar-refractivity contribution in [2.24, 2.45) is 5.92 Å². The summed E-state index contributed by atoms with van der Waals surface area (Å²) in [5.74, 6) is -3.27. The summed E-state index contributed by atoms with van der Waals surface area (Å²) in [5, 5.41) is 10.3. The van der Waals surface area contributed by atoms with Gasteiger partial charge < -0.3 is 20.7 Å². The van der Waals surface area contributed by atoms with Gasteiger partial charge in [-0.05, 0) is 57.2 Å². The second-order valence-electron chi connectivity index (χ2n) is 8.32. The van der Waals surface area contributed by atoms with Gasteiger partial charge in [-0.15, -0.1) is 0 Å². The zero-order valence-electron chi connectivity index (χ0n) is 18.4. The Morgan fingerprint density at radius 3 is 2.55 bits per heavy atom. The Hall–Kier alpha value is -3.14. The minimum absolute atomic E-state index is 0.00740. The Morgan fingerprint density at radius 2 is 1.97 bits per heavy atom. The molecular weight excluding hydrogens is 452 g/mol. The maximum atomic E-state index is 13.1. The van der Waals surface area contributed by atoms with Crippen LogP contribution in [0.4, 0.5) is 10.5 Å². The normalized spacial score (nSPS) is 20.8. The molecule has 2 aliphatic rings. The first-order valence-electron chi connectivity index (χ1n) is 10.8. The maximum Gasteiger partial charge on any atom is 0.411 e. The summed E-state index contributed by atoms with van der Waals surface area (Å²) >= 11 is 6.05. The van der Waals surface area contributed by atoms with Crippen LogP contribution in [0.5, 0.6) is 0 Å². The van der Waals surface area contributed by atoms with Gasteiger partial charge in [0.15, 0.2) is 0 Å². The third kappa shape index (κ3) is 6.22. The maximum absolute atomic E-state index is 13.1. The first-order chi connectivity index (χ1) is 15.7. The highest BCUT2D eigenvalue weighted by Gasteiger charge is 2.36. The van der Waals surface area contributed by atoms with E-state index in [9.17, 15) is 24.0 Å². The first kappa shape index (κ1) is 24.5. The smallest absolute Gasteiger partial charge is 0.411 e. The van der Waals surface area contributed by atoms with E-state index in [0.29, 0.717) is 6.42 Å². The standard InChI is InChI=1S/C22H27ClN4O6/c1-11-8-12(19(29)25-11)9-17(18(28)21(31)24-2)26-20(30)15-10-13(23)6-7-16(15)27-22(32)33-14-4-3-5-14/h6-7,10-12,14,17H,3-5,8-9H2,1-2H3,(H,24,31)(H,25,29)(H,26,30)(H,27,32)/t11-,12+,17?/m1/s1. The van der Waals surface area contributed by atoms with Crippen LogP contribution in [0.15, 0.2) is 18.2 Å². The fraction of sp³-hybridized carbons (Fsp3) is 0.500. The molecule has 4 amide bonds. The van der Waals surface area contributed by atoms with Gasteiger partial charge in [-0.2, -0.15) is 0 Å². The fourth-order valence-electron chi connectivity index (χ4n) is 3.78. The predicted molar refractivity (Wildman–Crippen MR) is 120 cm³/mol. The van der Waals surface area contributed by atoms with Gasteiger partial charge in [0, 0.05) is 24.0 Å². The summed E-state index contributed by atoms with van der Waals surface area (Å²) in [6, 6.07) is 2.96. The summed E-state index contributed by atoms with van der Waals surface area (Å²) in [4.78, 5) is 62.1. The van der Waals surface area contributed by atoms with Gasteiger partial charge in [0.05, 0.1) is 17.3 Å². The van der Waals surface area contributed by atoms with Crippen molar-refractivity contribution < 1.29 is 28.7 Å². The zero-order chi connectivity index (χ0) is 24.1. The minimum Gasteiger partial charge on any atom is -0.446 e. The number of rotatable bonds is 8. The molecule has 2 fully saturated rings. The van der Waals surface area contributed by atoms with Crippen LogP contribution in [0.3, 0.4) is 0 Å². The number of hydrogen-bond acceptors (Lipinski definition) is 6. The Kier molecular flexibility index (Phi) is 7.91. The lowest BCUT2D eigenvalue weighted by atomic mass is 9.93. The van der Waals surface area contributed by atoms with Crippen LogP contribution < -0.4 is 21.3 Å². The highest BCUT2D eigenvalue weighted by Crippen LogP contribution is 2.25. The molecule has 0 bridgehead atoms. The Morgan fingerprint density at radius 1 is 1.24 bits per heavy atom. The summed E-state index contributed by atoms with van der Waals surface area (Å²) in [5.41, 5.74) is 0.131. The molecule has 1 saturated heterocycles. The molecular formula is C22H27ClN4O6. The molecule has 1 aliphatic heterocycles. The molecule has 1 unspecified atom stereocenters. The van der Waals surface area contributed by atoms with Gasteiger partial charge in [-0.1, -0.05) is 11.6 Å². The van der Waals surface area contributed by atoms with E-state index in [-0.39, 0.29) is 40.7 Å². The number of nitrogens with one attached hydrogen (secondary N) is 4. The number of benzene rings is 1. The molecule has 1 aliphatic carbocycles. The van der Waals surface area contributed by atoms with Crippen LogP contribution in [0.25, 0.3) is 0 Å². The molecule has 0 spiro atoms. The summed E-state index contributed by atoms with van der Waals surface area (Å²) < 4.78 is 5.26. The van der Waals surface area contributed by atoms with Gasteiger partial charge in [-0.25, -0.2) is 4.79 Å². The molecule has 3 atom stereocenters. The van der Waals surface area contributed by atoms with E-state index in [1.54, 1.807) is 0 Å². The van der Waals surface area contributed by atoms with E-state index in [1.807, 2.05) is 6.92 Å². The number of hydrogen-bond donors (Lipinski definition) is 4. The number of carbonyl (C=O) groups is 5. The van der Waals surface area contributed by atoms with Gasteiger partial charge in [-0.3, -0.25) is 24.5 Å². The van der Waals surface area contributed by atoms with Crippen molar-refractivity contribution >= 4 is 46.9 Å². The predicted octanol–water partition coefficient (Wildman–Crippen LogP) is 1.77. The molecule has 0 aromatic heterocycles. The molecule has 0 radical (unpaired) electrons. The number of anilines is 1. The lowest BCUT2D eigenvalue weighted by molar-refractivity contribution is -0.139. The van der Waals surface area contributed by atoms with E-state index < -0.39 is 35.7 Å². The molecule has 3 rings (SSSR count). The van der Waals surface area contributed by atoms with Crippen LogP contribution in [-0.2, 0) is 19.1 Å². The van der Waals surface area contributed by atoms with Gasteiger partial charge in [0.1, 0.15) is 6.10 Å². The van der Waals surface area contributed by atoms with Crippen molar-refractivity contribution in [1.29, 1.82) is 0 Å². The van der Waals surface area contributed by atoms with Crippen LogP contribution in [0.1, 0.15) is 49.4 Å². The first-order valence-corrected chi connectivity index (χ1v) is 11.2. The van der Waals surface area contributed by atoms with Crippen molar-refractivity contribution in [3.05, 3.63) is 28.8 Å². The van der Waals surface area contributed by atoms with E-state index in [0.717, 1.165) is 19.3 Å². The van der Waals surface area contributed by atoms with Crippen LogP contribution in [-0.4, -0.2) is 54.8 Å². The third-order valence-corrected chi connectivity index (χ3v) is 6.01. The fourth-order valence-corrected chi connectivity index (χ4v) is 3.96.